The molecule has 2 heterocycles. The maximum Gasteiger partial charge on any atom is 0.220 e. The second-order valence-corrected chi connectivity index (χ2v) is 10.9. The van der Waals surface area contributed by atoms with Gasteiger partial charge in [0.15, 0.2) is 9.84 Å². The lowest BCUT2D eigenvalue weighted by molar-refractivity contribution is 0.404. The monoisotopic (exact) mass is 310 g/mol. The fraction of sp³-hybridized carbons (Fsp3) is 1.00. The summed E-state index contributed by atoms with van der Waals surface area (Å²) >= 11 is 0. The van der Waals surface area contributed by atoms with E-state index in [4.69, 9.17) is 0 Å². The van der Waals surface area contributed by atoms with Gasteiger partial charge in [-0.25, -0.2) is 16.8 Å². The summed E-state index contributed by atoms with van der Waals surface area (Å²) in [5.41, 5.74) is 0. The molecule has 0 aromatic heterocycles. The fourth-order valence-electron chi connectivity index (χ4n) is 2.63. The Labute approximate surface area is 115 Å². The number of sulfonamides is 1. The Morgan fingerprint density at radius 3 is 2.53 bits per heavy atom. The van der Waals surface area contributed by atoms with Gasteiger partial charge in [-0.2, -0.15) is 4.31 Å². The average Bonchev–Trinajstić information content (AvgIpc) is 2.56. The normalized spacial score (nSPS) is 33.9. The predicted octanol–water partition coefficient (Wildman–Crippen LogP) is -0.423. The van der Waals surface area contributed by atoms with E-state index in [1.165, 1.54) is 4.31 Å². The third kappa shape index (κ3) is 2.81. The van der Waals surface area contributed by atoms with Gasteiger partial charge in [0.25, 0.3) is 0 Å². The molecule has 112 valence electrons. The lowest BCUT2D eigenvalue weighted by Gasteiger charge is -2.30. The molecule has 1 unspecified atom stereocenters. The Morgan fingerprint density at radius 2 is 1.95 bits per heavy atom. The van der Waals surface area contributed by atoms with Crippen LogP contribution in [0.5, 0.6) is 0 Å². The predicted molar refractivity (Wildman–Crippen MR) is 74.3 cm³/mol. The van der Waals surface area contributed by atoms with Gasteiger partial charge in [-0.05, 0) is 26.7 Å². The van der Waals surface area contributed by atoms with E-state index in [0.29, 0.717) is 32.5 Å². The third-order valence-electron chi connectivity index (χ3n) is 4.00. The van der Waals surface area contributed by atoms with Crippen LogP contribution in [0.15, 0.2) is 0 Å². The van der Waals surface area contributed by atoms with Crippen molar-refractivity contribution in [2.45, 2.75) is 36.7 Å². The van der Waals surface area contributed by atoms with Gasteiger partial charge in [-0.3, -0.25) is 0 Å². The lowest BCUT2D eigenvalue weighted by Crippen LogP contribution is -2.48. The van der Waals surface area contributed by atoms with E-state index < -0.39 is 29.9 Å². The Balaban J connectivity index is 2.23. The van der Waals surface area contributed by atoms with Gasteiger partial charge in [-0.1, -0.05) is 0 Å². The number of nitrogens with one attached hydrogen (secondary N) is 1. The summed E-state index contributed by atoms with van der Waals surface area (Å²) in [6, 6.07) is 0. The smallest absolute Gasteiger partial charge is 0.220 e. The highest BCUT2D eigenvalue weighted by atomic mass is 32.2. The highest BCUT2D eigenvalue weighted by molar-refractivity contribution is 7.92. The Hall–Kier alpha value is -0.180. The van der Waals surface area contributed by atoms with Crippen LogP contribution in [-0.2, 0) is 19.9 Å². The van der Waals surface area contributed by atoms with Gasteiger partial charge in [0.05, 0.1) is 15.7 Å². The SMILES string of the molecule is CC1(C)CNCCN(CC2CCCS2(=O)=O)S1(=O)=O. The molecule has 0 bridgehead atoms. The van der Waals surface area contributed by atoms with E-state index in [1.807, 2.05) is 0 Å². The minimum absolute atomic E-state index is 0.107. The summed E-state index contributed by atoms with van der Waals surface area (Å²) < 4.78 is 49.3. The van der Waals surface area contributed by atoms with Crippen molar-refractivity contribution in [1.82, 2.24) is 9.62 Å². The fourth-order valence-corrected chi connectivity index (χ4v) is 6.25. The first-order valence-corrected chi connectivity index (χ1v) is 9.74. The molecular weight excluding hydrogens is 288 g/mol. The van der Waals surface area contributed by atoms with Crippen LogP contribution in [0, 0.1) is 0 Å². The van der Waals surface area contributed by atoms with Gasteiger partial charge < -0.3 is 5.32 Å². The third-order valence-corrected chi connectivity index (χ3v) is 8.81. The van der Waals surface area contributed by atoms with Crippen LogP contribution in [0.1, 0.15) is 26.7 Å². The maximum atomic E-state index is 12.5. The molecule has 19 heavy (non-hydrogen) atoms. The van der Waals surface area contributed by atoms with Crippen LogP contribution in [0.3, 0.4) is 0 Å². The average molecular weight is 310 g/mol. The minimum atomic E-state index is -3.47. The molecule has 0 radical (unpaired) electrons. The van der Waals surface area contributed by atoms with Gasteiger partial charge in [0.1, 0.15) is 0 Å². The second-order valence-electron chi connectivity index (χ2n) is 5.93. The molecule has 0 saturated carbocycles. The molecule has 0 aromatic rings. The van der Waals surface area contributed by atoms with E-state index in [9.17, 15) is 16.8 Å². The molecule has 2 fully saturated rings. The van der Waals surface area contributed by atoms with E-state index in [2.05, 4.69) is 5.32 Å². The van der Waals surface area contributed by atoms with Crippen LogP contribution in [0.2, 0.25) is 0 Å². The Morgan fingerprint density at radius 1 is 1.26 bits per heavy atom. The van der Waals surface area contributed by atoms with Crippen molar-refractivity contribution in [3.63, 3.8) is 0 Å². The van der Waals surface area contributed by atoms with Crippen LogP contribution in [0.25, 0.3) is 0 Å². The van der Waals surface area contributed by atoms with Gasteiger partial charge in [0.2, 0.25) is 10.0 Å². The van der Waals surface area contributed by atoms with Crippen molar-refractivity contribution in [3.05, 3.63) is 0 Å². The summed E-state index contributed by atoms with van der Waals surface area (Å²) in [6.45, 7) is 4.76. The number of hydrogen-bond donors (Lipinski definition) is 1. The van der Waals surface area contributed by atoms with E-state index in [-0.39, 0.29) is 12.3 Å². The van der Waals surface area contributed by atoms with Gasteiger partial charge in [-0.15, -0.1) is 0 Å². The van der Waals surface area contributed by atoms with Crippen molar-refractivity contribution in [2.75, 3.05) is 31.9 Å². The van der Waals surface area contributed by atoms with Crippen molar-refractivity contribution in [3.8, 4) is 0 Å². The summed E-state index contributed by atoms with van der Waals surface area (Å²) in [5, 5.41) is 2.57. The van der Waals surface area contributed by atoms with Gasteiger partial charge in [0, 0.05) is 26.2 Å². The Kier molecular flexibility index (Phi) is 3.99. The molecule has 1 atom stereocenters. The zero-order chi connectivity index (χ0) is 14.3. The molecule has 8 heteroatoms. The number of sulfone groups is 1. The molecule has 0 spiro atoms. The number of rotatable bonds is 2. The van der Waals surface area contributed by atoms with Crippen molar-refractivity contribution < 1.29 is 16.8 Å². The first-order valence-electron chi connectivity index (χ1n) is 6.59. The molecule has 0 amide bonds. The molecule has 1 N–H and O–H groups in total. The zero-order valence-electron chi connectivity index (χ0n) is 11.4. The molecule has 2 aliphatic rings. The maximum absolute atomic E-state index is 12.5. The van der Waals surface area contributed by atoms with Crippen molar-refractivity contribution in [1.29, 1.82) is 0 Å². The number of nitrogens with zero attached hydrogens (tertiary/aromatic N) is 1. The quantitative estimate of drug-likeness (QED) is 0.749. The Bertz CT molecular complexity index is 539. The molecule has 2 rings (SSSR count). The second kappa shape index (κ2) is 4.98. The molecular formula is C11H22N2O4S2. The molecule has 2 saturated heterocycles. The number of hydrogen-bond acceptors (Lipinski definition) is 5. The van der Waals surface area contributed by atoms with E-state index in [1.54, 1.807) is 13.8 Å². The largest absolute Gasteiger partial charge is 0.314 e. The van der Waals surface area contributed by atoms with Crippen LogP contribution in [0.4, 0.5) is 0 Å². The summed E-state index contributed by atoms with van der Waals surface area (Å²) in [5.74, 6) is 0.188. The molecule has 0 aliphatic carbocycles. The molecule has 0 aromatic carbocycles. The highest BCUT2D eigenvalue weighted by Crippen LogP contribution is 2.26. The minimum Gasteiger partial charge on any atom is -0.314 e. The van der Waals surface area contributed by atoms with Crippen LogP contribution >= 0.6 is 0 Å². The molecule has 6 nitrogen and oxygen atoms in total. The first-order chi connectivity index (χ1) is 8.67. The van der Waals surface area contributed by atoms with Crippen LogP contribution in [-0.4, -0.2) is 63.1 Å². The van der Waals surface area contributed by atoms with Gasteiger partial charge >= 0.3 is 0 Å². The summed E-state index contributed by atoms with van der Waals surface area (Å²) in [6.07, 6.45) is 1.21. The first kappa shape index (κ1) is 15.2. The zero-order valence-corrected chi connectivity index (χ0v) is 13.1. The van der Waals surface area contributed by atoms with Crippen LogP contribution < -0.4 is 5.32 Å². The molecule has 2 aliphatic heterocycles. The summed E-state index contributed by atoms with van der Waals surface area (Å²) in [4.78, 5) is 0. The van der Waals surface area contributed by atoms with E-state index >= 15 is 0 Å². The van der Waals surface area contributed by atoms with Crippen molar-refractivity contribution in [2.24, 2.45) is 0 Å². The topological polar surface area (TPSA) is 83.6 Å². The lowest BCUT2D eigenvalue weighted by atomic mass is 10.2. The van der Waals surface area contributed by atoms with E-state index in [0.717, 1.165) is 0 Å². The standard InChI is InChI=1S/C11H22N2O4S2/c1-11(2)9-12-5-6-13(19(11,16)17)8-10-4-3-7-18(10,14)15/h10,12H,3-9H2,1-2H3. The van der Waals surface area contributed by atoms with Crippen molar-refractivity contribution >= 4 is 19.9 Å². The summed E-state index contributed by atoms with van der Waals surface area (Å²) in [7, 11) is -6.58. The highest BCUT2D eigenvalue weighted by Gasteiger charge is 2.43.